The Bertz CT molecular complexity index is 1940. The molecule has 0 bridgehead atoms. The number of fused-ring (bicyclic) bond motifs is 1. The van der Waals surface area contributed by atoms with Gasteiger partial charge in [-0.25, -0.2) is 9.78 Å². The first-order valence-electron chi connectivity index (χ1n) is 16.6. The molecule has 1 unspecified atom stereocenters. The smallest absolute Gasteiger partial charge is 0.415 e. The van der Waals surface area contributed by atoms with Crippen LogP contribution in [0.2, 0.25) is 10.0 Å². The lowest BCUT2D eigenvalue weighted by atomic mass is 9.98. The molecule has 0 aliphatic carbocycles. The van der Waals surface area contributed by atoms with Crippen molar-refractivity contribution in [3.63, 3.8) is 0 Å². The van der Waals surface area contributed by atoms with Crippen molar-refractivity contribution >= 4 is 64.1 Å². The molecule has 5 rings (SSSR count). The van der Waals surface area contributed by atoms with Gasteiger partial charge in [-0.2, -0.15) is 0 Å². The van der Waals surface area contributed by atoms with Crippen LogP contribution >= 0.6 is 23.2 Å². The molecule has 2 aliphatic rings. The number of nitrogens with one attached hydrogen (secondary N) is 1. The van der Waals surface area contributed by atoms with Crippen molar-refractivity contribution < 1.29 is 57.1 Å². The number of aromatic amines is 1. The van der Waals surface area contributed by atoms with Crippen LogP contribution in [0.25, 0.3) is 22.3 Å². The molecule has 3 heterocycles. The number of ether oxygens (including phenoxy) is 7. The zero-order valence-corrected chi connectivity index (χ0v) is 30.6. The normalized spacial score (nSPS) is 22.8. The summed E-state index contributed by atoms with van der Waals surface area (Å²) in [6, 6.07) is 8.61. The van der Waals surface area contributed by atoms with Gasteiger partial charge in [0.1, 0.15) is 24.3 Å². The van der Waals surface area contributed by atoms with E-state index in [2.05, 4.69) is 9.97 Å². The molecule has 2 aliphatic heterocycles. The summed E-state index contributed by atoms with van der Waals surface area (Å²) in [5.41, 5.74) is 0.156. The van der Waals surface area contributed by atoms with Gasteiger partial charge in [-0.1, -0.05) is 23.2 Å². The highest BCUT2D eigenvalue weighted by Crippen LogP contribution is 2.34. The first-order chi connectivity index (χ1) is 25.2. The van der Waals surface area contributed by atoms with Crippen LogP contribution in [-0.4, -0.2) is 101 Å². The molecule has 0 radical (unpaired) electrons. The largest absolute Gasteiger partial charge is 0.463 e. The number of carbonyl (C=O) groups is 5. The quantitative estimate of drug-likeness (QED) is 0.225. The van der Waals surface area contributed by atoms with E-state index in [4.69, 9.17) is 56.4 Å². The molecule has 2 fully saturated rings. The molecule has 1 N–H and O–H groups in total. The number of hydrogen-bond acceptors (Lipinski definition) is 14. The van der Waals surface area contributed by atoms with Gasteiger partial charge >= 0.3 is 30.0 Å². The lowest BCUT2D eigenvalue weighted by Gasteiger charge is -2.44. The Balaban J connectivity index is 1.38. The van der Waals surface area contributed by atoms with Crippen LogP contribution in [0.3, 0.4) is 0 Å². The summed E-state index contributed by atoms with van der Waals surface area (Å²) in [5, 5.41) is 0.937. The van der Waals surface area contributed by atoms with E-state index in [1.165, 1.54) is 36.1 Å². The number of likely N-dealkylation sites (tertiary alicyclic amines) is 1. The van der Waals surface area contributed by atoms with Crippen LogP contribution in [0, 0.1) is 0 Å². The van der Waals surface area contributed by atoms with Gasteiger partial charge in [-0.05, 0) is 55.7 Å². The third kappa shape index (κ3) is 10.0. The molecule has 0 saturated carbocycles. The van der Waals surface area contributed by atoms with E-state index in [9.17, 15) is 28.8 Å². The Hall–Kier alpha value is -4.77. The molecule has 3 aromatic rings. The zero-order valence-electron chi connectivity index (χ0n) is 29.1. The van der Waals surface area contributed by atoms with Crippen LogP contribution in [0.15, 0.2) is 41.2 Å². The second kappa shape index (κ2) is 17.4. The molecule has 0 spiro atoms. The Kier molecular flexibility index (Phi) is 12.9. The van der Waals surface area contributed by atoms with Crippen LogP contribution in [0.5, 0.6) is 5.75 Å². The summed E-state index contributed by atoms with van der Waals surface area (Å²) in [5.74, 6) is -2.81. The molecule has 16 nitrogen and oxygen atoms in total. The van der Waals surface area contributed by atoms with E-state index in [-0.39, 0.29) is 29.1 Å². The molecular formula is C35H37Cl2N3O13. The van der Waals surface area contributed by atoms with E-state index in [1.54, 1.807) is 12.1 Å². The van der Waals surface area contributed by atoms with Gasteiger partial charge in [0.25, 0.3) is 5.56 Å². The molecule has 1 amide bonds. The minimum atomic E-state index is -1.43. The van der Waals surface area contributed by atoms with E-state index >= 15 is 0 Å². The predicted octanol–water partition coefficient (Wildman–Crippen LogP) is 4.35. The lowest BCUT2D eigenvalue weighted by Crippen LogP contribution is -2.63. The van der Waals surface area contributed by atoms with Crippen molar-refractivity contribution in [2.45, 2.75) is 83.7 Å². The number of nitrogens with zero attached hydrogens (tertiary/aromatic N) is 2. The van der Waals surface area contributed by atoms with Gasteiger partial charge in [0.15, 0.2) is 24.6 Å². The van der Waals surface area contributed by atoms with Crippen molar-refractivity contribution in [1.82, 2.24) is 14.9 Å². The Labute approximate surface area is 312 Å². The molecular weight excluding hydrogens is 741 g/mol. The van der Waals surface area contributed by atoms with E-state index in [1.807, 2.05) is 0 Å². The number of amides is 1. The van der Waals surface area contributed by atoms with Crippen LogP contribution in [0.4, 0.5) is 4.79 Å². The molecule has 2 aromatic carbocycles. The number of esters is 4. The van der Waals surface area contributed by atoms with Gasteiger partial charge < -0.3 is 43.0 Å². The molecule has 1 aromatic heterocycles. The van der Waals surface area contributed by atoms with Crippen molar-refractivity contribution in [2.75, 3.05) is 19.8 Å². The number of carbonyl (C=O) groups excluding carboxylic acids is 5. The van der Waals surface area contributed by atoms with Gasteiger partial charge in [0, 0.05) is 44.3 Å². The molecule has 18 heteroatoms. The van der Waals surface area contributed by atoms with Crippen molar-refractivity contribution in [1.29, 1.82) is 0 Å². The highest BCUT2D eigenvalue weighted by atomic mass is 35.5. The fourth-order valence-corrected chi connectivity index (χ4v) is 6.45. The number of hydrogen-bond donors (Lipinski definition) is 1. The minimum Gasteiger partial charge on any atom is -0.463 e. The maximum absolute atomic E-state index is 13.8. The monoisotopic (exact) mass is 777 g/mol. The number of piperidine rings is 1. The first kappa shape index (κ1) is 39.4. The second-order valence-corrected chi connectivity index (χ2v) is 13.2. The SMILES string of the molecule is CC(=O)OC[C@H]1O[C@@H](OCC2CCCCN2C(=O)Oc2ccc(Cl)cc2-c2nc3ccc(Cl)cc3c(=O)[nH]2)[C@H](OC(C)=O)[C@@H](OC(C)=O)[C@H]1OC(C)=O. The number of aromatic nitrogens is 2. The van der Waals surface area contributed by atoms with Crippen LogP contribution < -0.4 is 10.3 Å². The highest BCUT2D eigenvalue weighted by Gasteiger charge is 2.53. The summed E-state index contributed by atoms with van der Waals surface area (Å²) < 4.78 is 39.6. The van der Waals surface area contributed by atoms with Gasteiger partial charge in [0.05, 0.1) is 29.1 Å². The minimum absolute atomic E-state index is 0.0701. The average Bonchev–Trinajstić information content (AvgIpc) is 3.09. The van der Waals surface area contributed by atoms with Crippen molar-refractivity contribution in [3.8, 4) is 17.1 Å². The van der Waals surface area contributed by atoms with E-state index < -0.39 is 78.9 Å². The van der Waals surface area contributed by atoms with Crippen molar-refractivity contribution in [3.05, 3.63) is 56.8 Å². The number of benzene rings is 2. The number of H-pyrrole nitrogens is 1. The Morgan fingerprint density at radius 3 is 2.21 bits per heavy atom. The average molecular weight is 779 g/mol. The highest BCUT2D eigenvalue weighted by molar-refractivity contribution is 6.31. The summed E-state index contributed by atoms with van der Waals surface area (Å²) in [6.45, 7) is 4.22. The van der Waals surface area contributed by atoms with Gasteiger partial charge in [0.2, 0.25) is 0 Å². The summed E-state index contributed by atoms with van der Waals surface area (Å²) >= 11 is 12.4. The fraction of sp³-hybridized carbons (Fsp3) is 0.457. The second-order valence-electron chi connectivity index (χ2n) is 12.3. The summed E-state index contributed by atoms with van der Waals surface area (Å²) in [7, 11) is 0. The van der Waals surface area contributed by atoms with E-state index in [0.717, 1.165) is 27.2 Å². The van der Waals surface area contributed by atoms with E-state index in [0.29, 0.717) is 34.9 Å². The summed E-state index contributed by atoms with van der Waals surface area (Å²) in [6.07, 6.45) is -5.69. The zero-order chi connectivity index (χ0) is 38.4. The van der Waals surface area contributed by atoms with Crippen molar-refractivity contribution in [2.24, 2.45) is 0 Å². The molecule has 2 saturated heterocycles. The van der Waals surface area contributed by atoms with Crippen LogP contribution in [0.1, 0.15) is 47.0 Å². The number of halogens is 2. The third-order valence-electron chi connectivity index (χ3n) is 8.32. The molecule has 284 valence electrons. The van der Waals surface area contributed by atoms with Crippen LogP contribution in [-0.2, 0) is 47.6 Å². The maximum atomic E-state index is 13.8. The standard InChI is InChI=1S/C35H37Cl2N3O13/c1-17(41)47-16-28-29(49-18(2)42)30(50-19(3)43)31(51-20(4)44)34(52-28)48-15-23-7-5-6-12-40(23)35(46)53-27-11-9-22(37)14-25(27)32-38-26-10-8-21(36)13-24(26)33(45)39-32/h8-11,13-14,23,28-31,34H,5-7,12,15-16H2,1-4H3,(H,38,39,45)/t23?,28-,29+,30+,31-,34-/m1/s1. The third-order valence-corrected chi connectivity index (χ3v) is 8.79. The predicted molar refractivity (Wildman–Crippen MR) is 186 cm³/mol. The number of rotatable bonds is 10. The lowest BCUT2D eigenvalue weighted by molar-refractivity contribution is -0.310. The first-order valence-corrected chi connectivity index (χ1v) is 17.4. The summed E-state index contributed by atoms with van der Waals surface area (Å²) in [4.78, 5) is 83.6. The fourth-order valence-electron chi connectivity index (χ4n) is 6.11. The maximum Gasteiger partial charge on any atom is 0.415 e. The molecule has 6 atom stereocenters. The Morgan fingerprint density at radius 1 is 0.849 bits per heavy atom. The Morgan fingerprint density at radius 2 is 1.51 bits per heavy atom. The molecule has 53 heavy (non-hydrogen) atoms. The van der Waals surface area contributed by atoms with Gasteiger partial charge in [-0.15, -0.1) is 0 Å². The topological polar surface area (TPSA) is 199 Å². The van der Waals surface area contributed by atoms with Gasteiger partial charge in [-0.3, -0.25) is 24.0 Å².